The number of fused-ring (bicyclic) bond motifs is 3. The highest BCUT2D eigenvalue weighted by molar-refractivity contribution is 6.30. The van der Waals surface area contributed by atoms with E-state index in [0.717, 1.165) is 17.7 Å². The van der Waals surface area contributed by atoms with Gasteiger partial charge in [-0.1, -0.05) is 35.9 Å². The highest BCUT2D eigenvalue weighted by Crippen LogP contribution is 2.37. The summed E-state index contributed by atoms with van der Waals surface area (Å²) in [6.45, 7) is 0.296. The van der Waals surface area contributed by atoms with Gasteiger partial charge in [0.05, 0.1) is 16.6 Å². The van der Waals surface area contributed by atoms with Crippen molar-refractivity contribution in [2.24, 2.45) is 5.73 Å². The van der Waals surface area contributed by atoms with Gasteiger partial charge in [0, 0.05) is 27.9 Å². The SMILES string of the molecule is NC(=O)c1cccc2c1c1ccc(C(F)(F)F)cc1n2Cc1cccc(Cl)c1. The third kappa shape index (κ3) is 3.10. The van der Waals surface area contributed by atoms with E-state index in [0.29, 0.717) is 33.4 Å². The van der Waals surface area contributed by atoms with Crippen molar-refractivity contribution in [3.05, 3.63) is 82.4 Å². The van der Waals surface area contributed by atoms with Crippen molar-refractivity contribution < 1.29 is 18.0 Å². The first-order chi connectivity index (χ1) is 13.3. The molecular formula is C21H14ClF3N2O. The number of hydrogen-bond donors (Lipinski definition) is 1. The van der Waals surface area contributed by atoms with Crippen LogP contribution < -0.4 is 5.73 Å². The van der Waals surface area contributed by atoms with Crippen LogP contribution in [0.2, 0.25) is 5.02 Å². The molecule has 3 nitrogen and oxygen atoms in total. The molecule has 142 valence electrons. The smallest absolute Gasteiger partial charge is 0.366 e. The van der Waals surface area contributed by atoms with E-state index >= 15 is 0 Å². The van der Waals surface area contributed by atoms with Gasteiger partial charge in [0.2, 0.25) is 5.91 Å². The van der Waals surface area contributed by atoms with E-state index < -0.39 is 17.6 Å². The maximum absolute atomic E-state index is 13.3. The van der Waals surface area contributed by atoms with Gasteiger partial charge in [-0.3, -0.25) is 4.79 Å². The van der Waals surface area contributed by atoms with Gasteiger partial charge in [-0.25, -0.2) is 0 Å². The van der Waals surface area contributed by atoms with Crippen molar-refractivity contribution >= 4 is 39.3 Å². The Labute approximate surface area is 163 Å². The summed E-state index contributed by atoms with van der Waals surface area (Å²) in [6, 6.07) is 15.6. The largest absolute Gasteiger partial charge is 0.416 e. The summed E-state index contributed by atoms with van der Waals surface area (Å²) < 4.78 is 41.6. The number of halogens is 4. The van der Waals surface area contributed by atoms with Gasteiger partial charge in [0.15, 0.2) is 0 Å². The van der Waals surface area contributed by atoms with Crippen molar-refractivity contribution in [1.29, 1.82) is 0 Å². The molecule has 0 bridgehead atoms. The number of alkyl halides is 3. The standard InChI is InChI=1S/C21H14ClF3N2O/c22-14-4-1-3-12(9-14)11-27-17-6-2-5-16(20(26)28)19(17)15-8-7-13(10-18(15)27)21(23,24)25/h1-10H,11H2,(H2,26,28). The molecule has 0 saturated heterocycles. The number of rotatable bonds is 3. The Balaban J connectivity index is 2.06. The molecular weight excluding hydrogens is 389 g/mol. The van der Waals surface area contributed by atoms with Gasteiger partial charge in [-0.05, 0) is 42.0 Å². The third-order valence-electron chi connectivity index (χ3n) is 4.71. The van der Waals surface area contributed by atoms with Gasteiger partial charge < -0.3 is 10.3 Å². The van der Waals surface area contributed by atoms with Crippen LogP contribution in [0.15, 0.2) is 60.7 Å². The van der Waals surface area contributed by atoms with Crippen LogP contribution in [0.4, 0.5) is 13.2 Å². The van der Waals surface area contributed by atoms with E-state index in [1.165, 1.54) is 6.07 Å². The molecule has 4 rings (SSSR count). The van der Waals surface area contributed by atoms with E-state index in [9.17, 15) is 18.0 Å². The molecule has 0 aliphatic rings. The molecule has 0 aliphatic heterocycles. The molecule has 0 saturated carbocycles. The lowest BCUT2D eigenvalue weighted by Gasteiger charge is -2.10. The van der Waals surface area contributed by atoms with Crippen molar-refractivity contribution in [3.63, 3.8) is 0 Å². The predicted octanol–water partition coefficient (Wildman–Crippen LogP) is 5.61. The first kappa shape index (κ1) is 18.4. The number of carbonyl (C=O) groups is 1. The van der Waals surface area contributed by atoms with Crippen LogP contribution in [-0.2, 0) is 12.7 Å². The predicted molar refractivity (Wildman–Crippen MR) is 104 cm³/mol. The average molecular weight is 403 g/mol. The second kappa shape index (κ2) is 6.56. The molecule has 2 N–H and O–H groups in total. The first-order valence-electron chi connectivity index (χ1n) is 8.42. The molecule has 4 aromatic rings. The van der Waals surface area contributed by atoms with E-state index in [4.69, 9.17) is 17.3 Å². The molecule has 0 spiro atoms. The van der Waals surface area contributed by atoms with Crippen molar-refractivity contribution in [2.45, 2.75) is 12.7 Å². The minimum Gasteiger partial charge on any atom is -0.366 e. The number of carbonyl (C=O) groups excluding carboxylic acids is 1. The maximum atomic E-state index is 13.3. The zero-order valence-electron chi connectivity index (χ0n) is 14.4. The van der Waals surface area contributed by atoms with Crippen LogP contribution in [0.25, 0.3) is 21.8 Å². The molecule has 7 heteroatoms. The van der Waals surface area contributed by atoms with Gasteiger partial charge in [0.25, 0.3) is 0 Å². The second-order valence-electron chi connectivity index (χ2n) is 6.51. The first-order valence-corrected chi connectivity index (χ1v) is 8.80. The Kier molecular flexibility index (Phi) is 4.31. The number of hydrogen-bond acceptors (Lipinski definition) is 1. The van der Waals surface area contributed by atoms with Crippen LogP contribution in [0.5, 0.6) is 0 Å². The van der Waals surface area contributed by atoms with E-state index in [1.807, 2.05) is 6.07 Å². The fourth-order valence-corrected chi connectivity index (χ4v) is 3.73. The molecule has 3 aromatic carbocycles. The molecule has 0 radical (unpaired) electrons. The highest BCUT2D eigenvalue weighted by atomic mass is 35.5. The van der Waals surface area contributed by atoms with Crippen molar-refractivity contribution in [2.75, 3.05) is 0 Å². The van der Waals surface area contributed by atoms with Gasteiger partial charge in [-0.2, -0.15) is 13.2 Å². The summed E-state index contributed by atoms with van der Waals surface area (Å²) in [5.41, 5.74) is 6.85. The summed E-state index contributed by atoms with van der Waals surface area (Å²) in [7, 11) is 0. The number of aromatic nitrogens is 1. The second-order valence-corrected chi connectivity index (χ2v) is 6.95. The van der Waals surface area contributed by atoms with E-state index in [1.54, 1.807) is 41.0 Å². The number of nitrogens with two attached hydrogens (primary N) is 1. The lowest BCUT2D eigenvalue weighted by Crippen LogP contribution is -2.11. The minimum atomic E-state index is -4.47. The Morgan fingerprint density at radius 3 is 2.43 bits per heavy atom. The zero-order chi connectivity index (χ0) is 20.1. The lowest BCUT2D eigenvalue weighted by molar-refractivity contribution is -0.137. The summed E-state index contributed by atoms with van der Waals surface area (Å²) in [5, 5.41) is 1.62. The van der Waals surface area contributed by atoms with Gasteiger partial charge in [0.1, 0.15) is 0 Å². The van der Waals surface area contributed by atoms with Crippen LogP contribution in [0, 0.1) is 0 Å². The number of benzene rings is 3. The summed E-state index contributed by atoms with van der Waals surface area (Å²) >= 11 is 6.05. The zero-order valence-corrected chi connectivity index (χ0v) is 15.2. The summed E-state index contributed by atoms with van der Waals surface area (Å²) in [5.74, 6) is -0.632. The topological polar surface area (TPSA) is 48.0 Å². The van der Waals surface area contributed by atoms with Gasteiger partial charge in [-0.15, -0.1) is 0 Å². The lowest BCUT2D eigenvalue weighted by atomic mass is 10.0. The molecule has 0 aliphatic carbocycles. The van der Waals surface area contributed by atoms with Gasteiger partial charge >= 0.3 is 6.18 Å². The molecule has 1 heterocycles. The number of nitrogens with zero attached hydrogens (tertiary/aromatic N) is 1. The van der Waals surface area contributed by atoms with Crippen LogP contribution in [-0.4, -0.2) is 10.5 Å². The normalized spacial score (nSPS) is 12.0. The monoisotopic (exact) mass is 402 g/mol. The van der Waals surface area contributed by atoms with E-state index in [-0.39, 0.29) is 5.56 Å². The van der Waals surface area contributed by atoms with Crippen molar-refractivity contribution in [1.82, 2.24) is 4.57 Å². The number of primary amides is 1. The number of amides is 1. The fraction of sp³-hybridized carbons (Fsp3) is 0.0952. The van der Waals surface area contributed by atoms with E-state index in [2.05, 4.69) is 0 Å². The fourth-order valence-electron chi connectivity index (χ4n) is 3.51. The third-order valence-corrected chi connectivity index (χ3v) is 4.95. The average Bonchev–Trinajstić information content (AvgIpc) is 2.94. The van der Waals surface area contributed by atoms with Crippen LogP contribution in [0.3, 0.4) is 0 Å². The molecule has 0 fully saturated rings. The Hall–Kier alpha value is -2.99. The quantitative estimate of drug-likeness (QED) is 0.475. The molecule has 1 aromatic heterocycles. The molecule has 28 heavy (non-hydrogen) atoms. The molecule has 0 unspecified atom stereocenters. The summed E-state index contributed by atoms with van der Waals surface area (Å²) in [4.78, 5) is 11.9. The molecule has 1 amide bonds. The molecule has 0 atom stereocenters. The highest BCUT2D eigenvalue weighted by Gasteiger charge is 2.31. The maximum Gasteiger partial charge on any atom is 0.416 e. The minimum absolute atomic E-state index is 0.270. The Morgan fingerprint density at radius 1 is 1.00 bits per heavy atom. The summed E-state index contributed by atoms with van der Waals surface area (Å²) in [6.07, 6.45) is -4.47. The van der Waals surface area contributed by atoms with Crippen LogP contribution >= 0.6 is 11.6 Å². The Bertz CT molecular complexity index is 1230. The Morgan fingerprint density at radius 2 is 1.75 bits per heavy atom. The van der Waals surface area contributed by atoms with Crippen molar-refractivity contribution in [3.8, 4) is 0 Å². The van der Waals surface area contributed by atoms with Crippen LogP contribution in [0.1, 0.15) is 21.5 Å².